The van der Waals surface area contributed by atoms with Crippen molar-refractivity contribution in [2.24, 2.45) is 0 Å². The molecular weight excluding hydrogens is 326 g/mol. The maximum Gasteiger partial charge on any atom is 0.269 e. The Kier molecular flexibility index (Phi) is 6.97. The van der Waals surface area contributed by atoms with Gasteiger partial charge in [-0.05, 0) is 56.7 Å². The summed E-state index contributed by atoms with van der Waals surface area (Å²) in [4.78, 5) is 26.1. The normalized spacial score (nSPS) is 10.6. The number of hydrogen-bond donors (Lipinski definition) is 2. The van der Waals surface area contributed by atoms with Gasteiger partial charge in [-0.15, -0.1) is 0 Å². The third kappa shape index (κ3) is 5.48. The summed E-state index contributed by atoms with van der Waals surface area (Å²) >= 11 is 0. The smallest absolute Gasteiger partial charge is 0.269 e. The van der Waals surface area contributed by atoms with Crippen LogP contribution in [0.2, 0.25) is 0 Å². The monoisotopic (exact) mass is 351 g/mol. The van der Waals surface area contributed by atoms with Crippen LogP contribution in [0.1, 0.15) is 35.3 Å². The highest BCUT2D eigenvalue weighted by Gasteiger charge is 2.07. The molecule has 2 N–H and O–H groups in total. The fourth-order valence-corrected chi connectivity index (χ4v) is 2.49. The van der Waals surface area contributed by atoms with Gasteiger partial charge in [0.1, 0.15) is 0 Å². The van der Waals surface area contributed by atoms with Gasteiger partial charge in [0.25, 0.3) is 11.8 Å². The molecule has 0 bridgehead atoms. The summed E-state index contributed by atoms with van der Waals surface area (Å²) in [6.07, 6.45) is 3.08. The van der Waals surface area contributed by atoms with Gasteiger partial charge in [0.15, 0.2) is 0 Å². The molecule has 0 aliphatic carbocycles. The van der Waals surface area contributed by atoms with Crippen LogP contribution in [0.4, 0.5) is 5.69 Å². The molecular formula is C21H25N3O2. The van der Waals surface area contributed by atoms with E-state index in [9.17, 15) is 9.59 Å². The summed E-state index contributed by atoms with van der Waals surface area (Å²) in [5.74, 6) is -0.744. The molecule has 0 atom stereocenters. The fourth-order valence-electron chi connectivity index (χ4n) is 2.49. The zero-order valence-corrected chi connectivity index (χ0v) is 15.5. The molecule has 0 unspecified atom stereocenters. The van der Waals surface area contributed by atoms with E-state index in [2.05, 4.69) is 29.6 Å². The number of hydrazine groups is 1. The first-order valence-corrected chi connectivity index (χ1v) is 8.73. The number of rotatable bonds is 6. The number of benzene rings is 2. The molecule has 0 saturated carbocycles. The summed E-state index contributed by atoms with van der Waals surface area (Å²) in [6, 6.07) is 15.1. The molecule has 0 heterocycles. The highest BCUT2D eigenvalue weighted by Crippen LogP contribution is 2.14. The maximum absolute atomic E-state index is 12.1. The Morgan fingerprint density at radius 3 is 2.12 bits per heavy atom. The van der Waals surface area contributed by atoms with Crippen LogP contribution in [0, 0.1) is 6.92 Å². The number of hydrogen-bond acceptors (Lipinski definition) is 3. The lowest BCUT2D eigenvalue weighted by atomic mass is 10.1. The van der Waals surface area contributed by atoms with Crippen molar-refractivity contribution in [2.45, 2.75) is 20.8 Å². The molecule has 26 heavy (non-hydrogen) atoms. The molecule has 0 aliphatic rings. The van der Waals surface area contributed by atoms with E-state index in [1.54, 1.807) is 18.2 Å². The number of anilines is 1. The third-order valence-electron chi connectivity index (χ3n) is 4.06. The van der Waals surface area contributed by atoms with E-state index in [-0.39, 0.29) is 5.91 Å². The van der Waals surface area contributed by atoms with Gasteiger partial charge < -0.3 is 4.90 Å². The molecule has 2 aromatic carbocycles. The predicted molar refractivity (Wildman–Crippen MR) is 106 cm³/mol. The number of aryl methyl sites for hydroxylation is 1. The summed E-state index contributed by atoms with van der Waals surface area (Å²) in [5, 5.41) is 0. The van der Waals surface area contributed by atoms with E-state index in [0.717, 1.165) is 29.9 Å². The Hall–Kier alpha value is -3.08. The fraction of sp³-hybridized carbons (Fsp3) is 0.238. The van der Waals surface area contributed by atoms with E-state index in [4.69, 9.17) is 0 Å². The summed E-state index contributed by atoms with van der Waals surface area (Å²) in [7, 11) is 0. The van der Waals surface area contributed by atoms with Crippen LogP contribution in [0.3, 0.4) is 0 Å². The van der Waals surface area contributed by atoms with Crippen LogP contribution in [-0.2, 0) is 4.79 Å². The first-order valence-electron chi connectivity index (χ1n) is 8.73. The Morgan fingerprint density at radius 2 is 1.54 bits per heavy atom. The Morgan fingerprint density at radius 1 is 0.923 bits per heavy atom. The van der Waals surface area contributed by atoms with Gasteiger partial charge in [-0.25, -0.2) is 0 Å². The van der Waals surface area contributed by atoms with E-state index in [1.165, 1.54) is 6.08 Å². The molecule has 2 rings (SSSR count). The summed E-state index contributed by atoms with van der Waals surface area (Å²) < 4.78 is 0. The number of nitrogens with one attached hydrogen (secondary N) is 2. The van der Waals surface area contributed by atoms with Gasteiger partial charge in [-0.3, -0.25) is 20.4 Å². The van der Waals surface area contributed by atoms with Gasteiger partial charge in [0, 0.05) is 30.4 Å². The number of nitrogens with zero attached hydrogens (tertiary/aromatic N) is 1. The van der Waals surface area contributed by atoms with Crippen LogP contribution in [0.5, 0.6) is 0 Å². The zero-order valence-electron chi connectivity index (χ0n) is 15.5. The largest absolute Gasteiger partial charge is 0.372 e. The SMILES string of the molecule is CCN(CC)c1ccc(C(=O)NNC(=O)/C=C/c2ccc(C)cc2)cc1. The first kappa shape index (κ1) is 19.2. The molecule has 2 aromatic rings. The highest BCUT2D eigenvalue weighted by atomic mass is 16.2. The minimum Gasteiger partial charge on any atom is -0.372 e. The Balaban J connectivity index is 1.87. The summed E-state index contributed by atoms with van der Waals surface area (Å²) in [5.41, 5.74) is 8.44. The molecule has 136 valence electrons. The second-order valence-electron chi connectivity index (χ2n) is 5.91. The van der Waals surface area contributed by atoms with Gasteiger partial charge in [0.2, 0.25) is 0 Å². The van der Waals surface area contributed by atoms with Crippen molar-refractivity contribution >= 4 is 23.6 Å². The maximum atomic E-state index is 12.1. The van der Waals surface area contributed by atoms with Crippen LogP contribution >= 0.6 is 0 Å². The number of amides is 2. The first-order chi connectivity index (χ1) is 12.5. The zero-order chi connectivity index (χ0) is 18.9. The van der Waals surface area contributed by atoms with Gasteiger partial charge in [-0.1, -0.05) is 29.8 Å². The van der Waals surface area contributed by atoms with Crippen molar-refractivity contribution in [3.8, 4) is 0 Å². The van der Waals surface area contributed by atoms with Gasteiger partial charge in [-0.2, -0.15) is 0 Å². The van der Waals surface area contributed by atoms with E-state index in [0.29, 0.717) is 5.56 Å². The lowest BCUT2D eigenvalue weighted by Crippen LogP contribution is -2.40. The topological polar surface area (TPSA) is 61.4 Å². The van der Waals surface area contributed by atoms with Crippen molar-refractivity contribution in [2.75, 3.05) is 18.0 Å². The predicted octanol–water partition coefficient (Wildman–Crippen LogP) is 3.32. The van der Waals surface area contributed by atoms with Crippen molar-refractivity contribution < 1.29 is 9.59 Å². The second-order valence-corrected chi connectivity index (χ2v) is 5.91. The van der Waals surface area contributed by atoms with E-state index < -0.39 is 5.91 Å². The molecule has 0 saturated heterocycles. The van der Waals surface area contributed by atoms with E-state index >= 15 is 0 Å². The van der Waals surface area contributed by atoms with Crippen molar-refractivity contribution in [1.29, 1.82) is 0 Å². The standard InChI is InChI=1S/C21H25N3O2/c1-4-24(5-2)19-13-11-18(12-14-19)21(26)23-22-20(25)15-10-17-8-6-16(3)7-9-17/h6-15H,4-5H2,1-3H3,(H,22,25)(H,23,26)/b15-10+. The molecule has 0 spiro atoms. The van der Waals surface area contributed by atoms with Crippen LogP contribution in [-0.4, -0.2) is 24.9 Å². The average molecular weight is 351 g/mol. The van der Waals surface area contributed by atoms with Crippen LogP contribution < -0.4 is 15.8 Å². The van der Waals surface area contributed by atoms with Crippen molar-refractivity contribution in [3.05, 3.63) is 71.3 Å². The lowest BCUT2D eigenvalue weighted by Gasteiger charge is -2.21. The minimum atomic E-state index is -0.390. The molecule has 0 aliphatic heterocycles. The van der Waals surface area contributed by atoms with Crippen molar-refractivity contribution in [3.63, 3.8) is 0 Å². The number of carbonyl (C=O) groups excluding carboxylic acids is 2. The molecule has 5 heteroatoms. The minimum absolute atomic E-state index is 0.354. The molecule has 0 fully saturated rings. The van der Waals surface area contributed by atoms with Crippen LogP contribution in [0.25, 0.3) is 6.08 Å². The van der Waals surface area contributed by atoms with Gasteiger partial charge >= 0.3 is 0 Å². The van der Waals surface area contributed by atoms with E-state index in [1.807, 2.05) is 43.3 Å². The quantitative estimate of drug-likeness (QED) is 0.620. The second kappa shape index (κ2) is 9.42. The van der Waals surface area contributed by atoms with Crippen molar-refractivity contribution in [1.82, 2.24) is 10.9 Å². The lowest BCUT2D eigenvalue weighted by molar-refractivity contribution is -0.117. The summed E-state index contributed by atoms with van der Waals surface area (Å²) in [6.45, 7) is 7.99. The molecule has 0 aromatic heterocycles. The van der Waals surface area contributed by atoms with Gasteiger partial charge in [0.05, 0.1) is 0 Å². The molecule has 2 amide bonds. The molecule has 0 radical (unpaired) electrons. The van der Waals surface area contributed by atoms with Crippen LogP contribution in [0.15, 0.2) is 54.6 Å². The highest BCUT2D eigenvalue weighted by molar-refractivity contribution is 5.98. The molecule has 5 nitrogen and oxygen atoms in total. The number of carbonyl (C=O) groups is 2. The Bertz CT molecular complexity index is 761. The third-order valence-corrected chi connectivity index (χ3v) is 4.06. The Labute approximate surface area is 154 Å². The average Bonchev–Trinajstić information content (AvgIpc) is 2.67.